The van der Waals surface area contributed by atoms with Crippen LogP contribution in [0.4, 0.5) is 0 Å². The fourth-order valence-electron chi connectivity index (χ4n) is 15.3. The average Bonchev–Trinajstić information content (AvgIpc) is 4.35. The quantitative estimate of drug-likeness (QED) is 0.0979. The first-order valence-corrected chi connectivity index (χ1v) is 29.3. The fourth-order valence-corrected chi connectivity index (χ4v) is 15.3. The van der Waals surface area contributed by atoms with Gasteiger partial charge in [-0.2, -0.15) is 0 Å². The van der Waals surface area contributed by atoms with Gasteiger partial charge in [-0.15, -0.1) is 0 Å². The molecule has 2 nitrogen and oxygen atoms in total. The molecule has 384 valence electrons. The van der Waals surface area contributed by atoms with E-state index in [0.717, 1.165) is 22.1 Å². The highest BCUT2D eigenvalue weighted by molar-refractivity contribution is 6.19. The van der Waals surface area contributed by atoms with Gasteiger partial charge in [0.15, 0.2) is 0 Å². The molecule has 9 aromatic rings. The van der Waals surface area contributed by atoms with E-state index in [0.29, 0.717) is 5.75 Å². The highest BCUT2D eigenvalue weighted by Crippen LogP contribution is 2.61. The molecule has 0 saturated heterocycles. The third kappa shape index (κ3) is 7.32. The second-order valence-corrected chi connectivity index (χ2v) is 25.1. The topological polar surface area (TPSA) is 33.4 Å². The van der Waals surface area contributed by atoms with Gasteiger partial charge in [0.25, 0.3) is 0 Å². The molecule has 2 heteroatoms. The van der Waals surface area contributed by atoms with Crippen LogP contribution in [0.15, 0.2) is 144 Å². The molecule has 0 atom stereocenters. The summed E-state index contributed by atoms with van der Waals surface area (Å²) in [6.45, 7) is 18.9. The van der Waals surface area contributed by atoms with Crippen molar-refractivity contribution >= 4 is 21.9 Å². The molecule has 0 bridgehead atoms. The molecule has 1 heterocycles. The lowest BCUT2D eigenvalue weighted by Gasteiger charge is -2.33. The maximum Gasteiger partial charge on any atom is 0.143 e. The molecule has 1 N–H and O–H groups in total. The molecule has 0 aliphatic heterocycles. The number of hydrogen-bond acceptors (Lipinski definition) is 2. The van der Waals surface area contributed by atoms with Crippen LogP contribution in [0.3, 0.4) is 0 Å². The second-order valence-electron chi connectivity index (χ2n) is 25.1. The lowest BCUT2D eigenvalue weighted by atomic mass is 9.70. The van der Waals surface area contributed by atoms with Crippen molar-refractivity contribution in [3.8, 4) is 72.5 Å². The minimum absolute atomic E-state index is 0.0513. The molecule has 0 fully saturated rings. The van der Waals surface area contributed by atoms with E-state index in [1.54, 1.807) is 11.1 Å². The van der Waals surface area contributed by atoms with Gasteiger partial charge in [0.2, 0.25) is 0 Å². The Morgan fingerprint density at radius 3 is 1.51 bits per heavy atom. The van der Waals surface area contributed by atoms with Crippen molar-refractivity contribution in [1.29, 1.82) is 0 Å². The Labute approximate surface area is 452 Å². The number of benzene rings is 8. The van der Waals surface area contributed by atoms with Crippen LogP contribution in [0.25, 0.3) is 88.7 Å². The number of rotatable bonds is 16. The van der Waals surface area contributed by atoms with Crippen LogP contribution in [0, 0.1) is 0 Å². The minimum Gasteiger partial charge on any atom is -0.508 e. The summed E-state index contributed by atoms with van der Waals surface area (Å²) in [4.78, 5) is 0. The third-order valence-corrected chi connectivity index (χ3v) is 19.6. The van der Waals surface area contributed by atoms with Crippen molar-refractivity contribution < 1.29 is 9.52 Å². The van der Waals surface area contributed by atoms with Gasteiger partial charge in [0.05, 0.1) is 0 Å². The SMILES string of the molecule is CCCCCCCCC1(CCCCCCCC)c2ccccc2-c2ccc(-c3ccc4c(c3)C(C)(C)c3cc(-c5cc6c(c7c5oc5ccccc57)-c5cc7c(cc5C6(C)C)-c5ccc(O)cc5C7(C)C)ccc3-4)cc21. The maximum atomic E-state index is 10.6. The van der Waals surface area contributed by atoms with Crippen LogP contribution in [0.2, 0.25) is 0 Å². The van der Waals surface area contributed by atoms with Crippen molar-refractivity contribution in [2.45, 2.75) is 167 Å². The molecule has 1 aromatic heterocycles. The van der Waals surface area contributed by atoms with E-state index in [1.165, 1.54) is 190 Å². The Balaban J connectivity index is 0.880. The number of furan rings is 1. The van der Waals surface area contributed by atoms with Gasteiger partial charge in [0, 0.05) is 38.0 Å². The van der Waals surface area contributed by atoms with Gasteiger partial charge in [-0.25, -0.2) is 0 Å². The number of para-hydroxylation sites is 1. The molecule has 76 heavy (non-hydrogen) atoms. The monoisotopic (exact) mass is 997 g/mol. The largest absolute Gasteiger partial charge is 0.508 e. The summed E-state index contributed by atoms with van der Waals surface area (Å²) in [5.74, 6) is 0.320. The van der Waals surface area contributed by atoms with Crippen LogP contribution in [0.1, 0.15) is 190 Å². The van der Waals surface area contributed by atoms with Crippen LogP contribution >= 0.6 is 0 Å². The van der Waals surface area contributed by atoms with Crippen molar-refractivity contribution in [2.75, 3.05) is 0 Å². The maximum absolute atomic E-state index is 10.6. The molecule has 0 unspecified atom stereocenters. The number of unbranched alkanes of at least 4 members (excludes halogenated alkanes) is 10. The van der Waals surface area contributed by atoms with Crippen LogP contribution < -0.4 is 0 Å². The van der Waals surface area contributed by atoms with E-state index in [2.05, 4.69) is 183 Å². The molecule has 8 aromatic carbocycles. The molecule has 0 amide bonds. The molecule has 0 saturated carbocycles. The lowest BCUT2D eigenvalue weighted by Crippen LogP contribution is -2.25. The number of aromatic hydroxyl groups is 1. The van der Waals surface area contributed by atoms with E-state index in [4.69, 9.17) is 4.42 Å². The molecular weight excluding hydrogens is 921 g/mol. The van der Waals surface area contributed by atoms with Gasteiger partial charge >= 0.3 is 0 Å². The van der Waals surface area contributed by atoms with Gasteiger partial charge in [0.1, 0.15) is 16.9 Å². The zero-order chi connectivity index (χ0) is 52.3. The molecular formula is C74H76O2. The van der Waals surface area contributed by atoms with Crippen molar-refractivity contribution in [2.24, 2.45) is 0 Å². The summed E-state index contributed by atoms with van der Waals surface area (Å²) in [5.41, 5.74) is 27.9. The van der Waals surface area contributed by atoms with E-state index >= 15 is 0 Å². The Hall–Kier alpha value is -6.64. The summed E-state index contributed by atoms with van der Waals surface area (Å²) in [6.07, 6.45) is 18.4. The number of phenolic OH excluding ortho intramolecular Hbond substituents is 1. The average molecular weight is 997 g/mol. The first-order chi connectivity index (χ1) is 36.8. The van der Waals surface area contributed by atoms with Crippen molar-refractivity contribution in [3.05, 3.63) is 184 Å². The summed E-state index contributed by atoms with van der Waals surface area (Å²) in [6, 6.07) is 53.5. The number of fused-ring (bicyclic) bond motifs is 16. The lowest BCUT2D eigenvalue weighted by molar-refractivity contribution is 0.398. The zero-order valence-corrected chi connectivity index (χ0v) is 46.5. The first-order valence-electron chi connectivity index (χ1n) is 29.3. The third-order valence-electron chi connectivity index (χ3n) is 19.6. The normalized spacial score (nSPS) is 16.1. The van der Waals surface area contributed by atoms with Crippen LogP contribution in [-0.2, 0) is 21.7 Å². The number of phenols is 1. The Bertz CT molecular complexity index is 3780. The molecule has 4 aliphatic rings. The molecule has 4 aliphatic carbocycles. The summed E-state index contributed by atoms with van der Waals surface area (Å²) in [7, 11) is 0. The molecule has 0 radical (unpaired) electrons. The van der Waals surface area contributed by atoms with Gasteiger partial charge in [-0.3, -0.25) is 0 Å². The second kappa shape index (κ2) is 18.3. The van der Waals surface area contributed by atoms with Crippen LogP contribution in [0.5, 0.6) is 5.75 Å². The predicted molar refractivity (Wildman–Crippen MR) is 321 cm³/mol. The minimum atomic E-state index is -0.268. The van der Waals surface area contributed by atoms with Crippen molar-refractivity contribution in [1.82, 2.24) is 0 Å². The van der Waals surface area contributed by atoms with Gasteiger partial charge in [-0.05, 0) is 173 Å². The molecule has 13 rings (SSSR count). The smallest absolute Gasteiger partial charge is 0.143 e. The van der Waals surface area contributed by atoms with E-state index in [9.17, 15) is 5.11 Å². The van der Waals surface area contributed by atoms with E-state index in [1.807, 2.05) is 12.1 Å². The zero-order valence-electron chi connectivity index (χ0n) is 46.5. The Morgan fingerprint density at radius 2 is 0.829 bits per heavy atom. The fraction of sp³-hybridized carbons (Fsp3) is 0.351. The van der Waals surface area contributed by atoms with Crippen molar-refractivity contribution in [3.63, 3.8) is 0 Å². The number of hydrogen-bond donors (Lipinski definition) is 1. The highest BCUT2D eigenvalue weighted by Gasteiger charge is 2.45. The molecule has 0 spiro atoms. The Kier molecular flexibility index (Phi) is 11.8. The van der Waals surface area contributed by atoms with E-state index in [-0.39, 0.29) is 21.7 Å². The Morgan fingerprint density at radius 1 is 0.368 bits per heavy atom. The highest BCUT2D eigenvalue weighted by atomic mass is 16.3. The predicted octanol–water partition coefficient (Wildman–Crippen LogP) is 21.3. The standard InChI is InChI=1S/C74H76O2/c1-9-11-13-15-17-23-37-74(38-24-18-16-14-12-10-2)59-27-21-19-25-50(59)53-34-30-47(40-65(53)74)46-29-33-51-52-35-31-48(41-61(52)71(3,4)60(51)39-46)56-43-66-68(69-55-26-20-22-28-67(55)76-70(56)69)58-45-63-57(44-64(58)73(66,7)8)54-36-32-49(75)42-62(54)72(63,5)6/h19-22,25-36,39-45,75H,9-18,23-24,37-38H2,1-8H3. The van der Waals surface area contributed by atoms with Gasteiger partial charge in [-0.1, -0.05) is 217 Å². The first kappa shape index (κ1) is 49.0. The summed E-state index contributed by atoms with van der Waals surface area (Å²) in [5, 5.41) is 13.0. The summed E-state index contributed by atoms with van der Waals surface area (Å²) < 4.78 is 7.06. The van der Waals surface area contributed by atoms with Gasteiger partial charge < -0.3 is 9.52 Å². The van der Waals surface area contributed by atoms with Crippen LogP contribution in [-0.4, -0.2) is 5.11 Å². The van der Waals surface area contributed by atoms with E-state index < -0.39 is 0 Å². The summed E-state index contributed by atoms with van der Waals surface area (Å²) >= 11 is 0.